The minimum absolute atomic E-state index is 0.225. The Morgan fingerprint density at radius 1 is 1.08 bits per heavy atom. The third-order valence-electron chi connectivity index (χ3n) is 3.22. The molecule has 0 aliphatic carbocycles. The SMILES string of the molecule is C=CC(=O)OCOc1ccc(C(=O)Oc2ccc(C)cc2C)cc1. The summed E-state index contributed by atoms with van der Waals surface area (Å²) in [6.45, 7) is 6.92. The van der Waals surface area contributed by atoms with Crippen LogP contribution in [0.25, 0.3) is 0 Å². The predicted molar refractivity (Wildman–Crippen MR) is 89.1 cm³/mol. The molecule has 0 unspecified atom stereocenters. The van der Waals surface area contributed by atoms with Gasteiger partial charge in [-0.05, 0) is 49.7 Å². The van der Waals surface area contributed by atoms with Crippen molar-refractivity contribution in [2.45, 2.75) is 13.8 Å². The van der Waals surface area contributed by atoms with Crippen LogP contribution >= 0.6 is 0 Å². The number of carbonyl (C=O) groups excluding carboxylic acids is 2. The first-order chi connectivity index (χ1) is 11.5. The molecular weight excluding hydrogens is 308 g/mol. The number of hydrogen-bond donors (Lipinski definition) is 0. The van der Waals surface area contributed by atoms with Gasteiger partial charge in [-0.1, -0.05) is 24.3 Å². The van der Waals surface area contributed by atoms with Gasteiger partial charge in [0.15, 0.2) is 0 Å². The van der Waals surface area contributed by atoms with Gasteiger partial charge in [0.1, 0.15) is 11.5 Å². The molecule has 0 N–H and O–H groups in total. The third kappa shape index (κ3) is 4.71. The van der Waals surface area contributed by atoms with E-state index in [1.807, 2.05) is 26.0 Å². The van der Waals surface area contributed by atoms with Gasteiger partial charge < -0.3 is 14.2 Å². The van der Waals surface area contributed by atoms with Crippen LogP contribution in [0.5, 0.6) is 11.5 Å². The maximum absolute atomic E-state index is 12.2. The van der Waals surface area contributed by atoms with E-state index in [0.29, 0.717) is 17.1 Å². The maximum atomic E-state index is 12.2. The van der Waals surface area contributed by atoms with Crippen LogP contribution in [0.15, 0.2) is 55.1 Å². The van der Waals surface area contributed by atoms with Crippen molar-refractivity contribution in [3.8, 4) is 11.5 Å². The third-order valence-corrected chi connectivity index (χ3v) is 3.22. The number of esters is 2. The lowest BCUT2D eigenvalue weighted by molar-refractivity contribution is -0.144. The standard InChI is InChI=1S/C19H18O5/c1-4-18(20)23-12-22-16-8-6-15(7-9-16)19(21)24-17-10-5-13(2)11-14(17)3/h4-11H,1,12H2,2-3H3. The van der Waals surface area contributed by atoms with E-state index >= 15 is 0 Å². The van der Waals surface area contributed by atoms with Crippen LogP contribution in [0.3, 0.4) is 0 Å². The minimum Gasteiger partial charge on any atom is -0.457 e. The zero-order chi connectivity index (χ0) is 17.5. The van der Waals surface area contributed by atoms with Crippen molar-refractivity contribution in [3.63, 3.8) is 0 Å². The number of benzene rings is 2. The van der Waals surface area contributed by atoms with E-state index in [0.717, 1.165) is 17.2 Å². The van der Waals surface area contributed by atoms with Crippen LogP contribution in [0.2, 0.25) is 0 Å². The largest absolute Gasteiger partial charge is 0.457 e. The Morgan fingerprint density at radius 3 is 2.42 bits per heavy atom. The number of carbonyl (C=O) groups is 2. The average Bonchev–Trinajstić information content (AvgIpc) is 2.57. The van der Waals surface area contributed by atoms with Crippen LogP contribution in [0.1, 0.15) is 21.5 Å². The Balaban J connectivity index is 1.95. The number of ether oxygens (including phenoxy) is 3. The molecule has 0 atom stereocenters. The summed E-state index contributed by atoms with van der Waals surface area (Å²) in [6.07, 6.45) is 1.05. The van der Waals surface area contributed by atoms with Gasteiger partial charge in [-0.15, -0.1) is 0 Å². The Hall–Kier alpha value is -3.08. The summed E-state index contributed by atoms with van der Waals surface area (Å²) < 4.78 is 15.3. The lowest BCUT2D eigenvalue weighted by Gasteiger charge is -2.09. The van der Waals surface area contributed by atoms with Crippen molar-refractivity contribution in [1.29, 1.82) is 0 Å². The number of aryl methyl sites for hydroxylation is 2. The second-order valence-corrected chi connectivity index (χ2v) is 5.11. The molecule has 0 aliphatic heterocycles. The molecule has 0 saturated heterocycles. The van der Waals surface area contributed by atoms with Crippen LogP contribution in [-0.2, 0) is 9.53 Å². The topological polar surface area (TPSA) is 61.8 Å². The molecule has 2 aromatic rings. The fourth-order valence-corrected chi connectivity index (χ4v) is 1.97. The van der Waals surface area contributed by atoms with Crippen LogP contribution in [-0.4, -0.2) is 18.7 Å². The smallest absolute Gasteiger partial charge is 0.343 e. The van der Waals surface area contributed by atoms with E-state index in [1.165, 1.54) is 0 Å². The fourth-order valence-electron chi connectivity index (χ4n) is 1.97. The summed E-state index contributed by atoms with van der Waals surface area (Å²) in [4.78, 5) is 23.0. The van der Waals surface area contributed by atoms with Gasteiger partial charge in [0, 0.05) is 6.08 Å². The van der Waals surface area contributed by atoms with Gasteiger partial charge >= 0.3 is 11.9 Å². The highest BCUT2D eigenvalue weighted by molar-refractivity contribution is 5.91. The molecule has 5 heteroatoms. The van der Waals surface area contributed by atoms with Crippen molar-refractivity contribution in [2.75, 3.05) is 6.79 Å². The van der Waals surface area contributed by atoms with Crippen molar-refractivity contribution >= 4 is 11.9 Å². The quantitative estimate of drug-likeness (QED) is 0.351. The Morgan fingerprint density at radius 2 is 1.79 bits per heavy atom. The maximum Gasteiger partial charge on any atom is 0.343 e. The highest BCUT2D eigenvalue weighted by Gasteiger charge is 2.10. The van der Waals surface area contributed by atoms with Gasteiger partial charge in [0.25, 0.3) is 0 Å². The van der Waals surface area contributed by atoms with Crippen LogP contribution in [0, 0.1) is 13.8 Å². The lowest BCUT2D eigenvalue weighted by Crippen LogP contribution is -2.10. The summed E-state index contributed by atoms with van der Waals surface area (Å²) in [5.74, 6) is -0.0209. The molecule has 124 valence electrons. The van der Waals surface area contributed by atoms with Crippen LogP contribution < -0.4 is 9.47 Å². The molecule has 0 aromatic heterocycles. The Labute approximate surface area is 140 Å². The molecule has 0 fully saturated rings. The predicted octanol–water partition coefficient (Wildman–Crippen LogP) is 3.59. The fraction of sp³-hybridized carbons (Fsp3) is 0.158. The van der Waals surface area contributed by atoms with Gasteiger partial charge in [-0.2, -0.15) is 0 Å². The first-order valence-corrected chi connectivity index (χ1v) is 7.31. The van der Waals surface area contributed by atoms with Crippen molar-refractivity contribution < 1.29 is 23.8 Å². The molecule has 0 aliphatic rings. The Kier molecular flexibility index (Phi) is 5.73. The van der Waals surface area contributed by atoms with Gasteiger partial charge in [-0.25, -0.2) is 9.59 Å². The molecule has 24 heavy (non-hydrogen) atoms. The zero-order valence-corrected chi connectivity index (χ0v) is 13.6. The molecule has 0 radical (unpaired) electrons. The highest BCUT2D eigenvalue weighted by atomic mass is 16.7. The van der Waals surface area contributed by atoms with Crippen LogP contribution in [0.4, 0.5) is 0 Å². The average molecular weight is 326 g/mol. The number of rotatable bonds is 6. The zero-order valence-electron chi connectivity index (χ0n) is 13.6. The highest BCUT2D eigenvalue weighted by Crippen LogP contribution is 2.21. The first-order valence-electron chi connectivity index (χ1n) is 7.31. The van der Waals surface area contributed by atoms with Gasteiger partial charge in [0.2, 0.25) is 6.79 Å². The lowest BCUT2D eigenvalue weighted by atomic mass is 10.1. The summed E-state index contributed by atoms with van der Waals surface area (Å²) in [7, 11) is 0. The van der Waals surface area contributed by atoms with E-state index in [4.69, 9.17) is 14.2 Å². The summed E-state index contributed by atoms with van der Waals surface area (Å²) in [5, 5.41) is 0. The molecule has 0 bridgehead atoms. The molecule has 0 saturated carbocycles. The second-order valence-electron chi connectivity index (χ2n) is 5.11. The van der Waals surface area contributed by atoms with Crippen molar-refractivity contribution in [3.05, 3.63) is 71.8 Å². The van der Waals surface area contributed by atoms with E-state index in [1.54, 1.807) is 30.3 Å². The monoisotopic (exact) mass is 326 g/mol. The molecule has 5 nitrogen and oxygen atoms in total. The molecule has 2 rings (SSSR count). The van der Waals surface area contributed by atoms with E-state index in [2.05, 4.69) is 6.58 Å². The Bertz CT molecular complexity index is 747. The van der Waals surface area contributed by atoms with E-state index in [-0.39, 0.29) is 6.79 Å². The molecule has 2 aromatic carbocycles. The summed E-state index contributed by atoms with van der Waals surface area (Å²) >= 11 is 0. The molecule has 0 amide bonds. The first kappa shape index (κ1) is 17.3. The normalized spacial score (nSPS) is 9.92. The minimum atomic E-state index is -0.566. The van der Waals surface area contributed by atoms with Gasteiger partial charge in [-0.3, -0.25) is 0 Å². The molecule has 0 spiro atoms. The van der Waals surface area contributed by atoms with E-state index < -0.39 is 11.9 Å². The number of hydrogen-bond acceptors (Lipinski definition) is 5. The van der Waals surface area contributed by atoms with Crippen molar-refractivity contribution in [2.24, 2.45) is 0 Å². The summed E-state index contributed by atoms with van der Waals surface area (Å²) in [6, 6.07) is 12.0. The molecular formula is C19H18O5. The summed E-state index contributed by atoms with van der Waals surface area (Å²) in [5.41, 5.74) is 2.39. The van der Waals surface area contributed by atoms with Crippen molar-refractivity contribution in [1.82, 2.24) is 0 Å². The molecule has 0 heterocycles. The van der Waals surface area contributed by atoms with E-state index in [9.17, 15) is 9.59 Å². The van der Waals surface area contributed by atoms with Gasteiger partial charge in [0.05, 0.1) is 5.56 Å². The second kappa shape index (κ2) is 7.97.